The molecule has 0 N–H and O–H groups in total. The van der Waals surface area contributed by atoms with E-state index in [1.807, 2.05) is 0 Å². The predicted octanol–water partition coefficient (Wildman–Crippen LogP) is 21.7. The van der Waals surface area contributed by atoms with Gasteiger partial charge in [-0.3, -0.25) is 0 Å². The number of rotatable bonds is 4. The number of aryl methyl sites for hydroxylation is 2. The molecule has 0 bridgehead atoms. The first kappa shape index (κ1) is 47.3. The summed E-state index contributed by atoms with van der Waals surface area (Å²) in [6.07, 6.45) is 0. The molecular formula is C80H60N2. The first-order valence-corrected chi connectivity index (χ1v) is 29.2. The SMILES string of the molecule is Cc1c(C)n(-c2cc3ccccc3c3ccccc23)c2cc3c(-c4ccc5c(c4)C(C)(C)c4ccccc4-5)c4cc5c(C)c(C)n(-c6cc7ccccc7c7ccccc67)c5cc4c(-c4ccc5c(c4)C(C)(C)c4ccccc4-5)c3cc12. The summed E-state index contributed by atoms with van der Waals surface area (Å²) in [7, 11) is 0. The van der Waals surface area contributed by atoms with Crippen LogP contribution < -0.4 is 0 Å². The maximum absolute atomic E-state index is 2.59. The van der Waals surface area contributed by atoms with Crippen LogP contribution in [0.5, 0.6) is 0 Å². The molecule has 2 aliphatic rings. The Bertz CT molecular complexity index is 5040. The molecule has 2 aliphatic carbocycles. The van der Waals surface area contributed by atoms with E-state index in [9.17, 15) is 0 Å². The molecule has 2 nitrogen and oxygen atoms in total. The van der Waals surface area contributed by atoms with Crippen molar-refractivity contribution in [2.75, 3.05) is 0 Å². The van der Waals surface area contributed by atoms with Crippen LogP contribution in [0.1, 0.15) is 72.5 Å². The fourth-order valence-corrected chi connectivity index (χ4v) is 15.8. The van der Waals surface area contributed by atoms with Crippen LogP contribution in [0.15, 0.2) is 218 Å². The van der Waals surface area contributed by atoms with Crippen molar-refractivity contribution in [2.24, 2.45) is 0 Å². The Morgan fingerprint density at radius 2 is 0.610 bits per heavy atom. The molecule has 0 saturated carbocycles. The second kappa shape index (κ2) is 16.6. The monoisotopic (exact) mass is 1050 g/mol. The number of fused-ring (bicyclic) bond motifs is 16. The highest BCUT2D eigenvalue weighted by molar-refractivity contribution is 6.26. The smallest absolute Gasteiger partial charge is 0.0543 e. The van der Waals surface area contributed by atoms with Crippen molar-refractivity contribution in [3.8, 4) is 55.9 Å². The highest BCUT2D eigenvalue weighted by Crippen LogP contribution is 2.55. The van der Waals surface area contributed by atoms with Crippen LogP contribution in [-0.4, -0.2) is 9.13 Å². The molecule has 0 atom stereocenters. The number of aromatic nitrogens is 2. The topological polar surface area (TPSA) is 9.86 Å². The van der Waals surface area contributed by atoms with Crippen LogP contribution in [0, 0.1) is 27.7 Å². The lowest BCUT2D eigenvalue weighted by atomic mass is 9.79. The molecule has 0 fully saturated rings. The first-order chi connectivity index (χ1) is 39.9. The van der Waals surface area contributed by atoms with E-state index < -0.39 is 0 Å². The molecule has 2 heterocycles. The third-order valence-electron chi connectivity index (χ3n) is 20.1. The van der Waals surface area contributed by atoms with Crippen LogP contribution >= 0.6 is 0 Å². The predicted molar refractivity (Wildman–Crippen MR) is 350 cm³/mol. The van der Waals surface area contributed by atoms with Gasteiger partial charge in [0, 0.05) is 43.8 Å². The van der Waals surface area contributed by atoms with E-state index in [1.165, 1.54) is 187 Å². The van der Waals surface area contributed by atoms with Crippen LogP contribution in [0.25, 0.3) is 142 Å². The lowest BCUT2D eigenvalue weighted by molar-refractivity contribution is 0.660. The zero-order chi connectivity index (χ0) is 55.2. The summed E-state index contributed by atoms with van der Waals surface area (Å²) in [5.74, 6) is 0. The van der Waals surface area contributed by atoms with E-state index in [-0.39, 0.29) is 10.8 Å². The van der Waals surface area contributed by atoms with Gasteiger partial charge >= 0.3 is 0 Å². The first-order valence-electron chi connectivity index (χ1n) is 29.2. The molecule has 0 aliphatic heterocycles. The fraction of sp³-hybridized carbons (Fsp3) is 0.125. The summed E-state index contributed by atoms with van der Waals surface area (Å²) in [4.78, 5) is 0. The Kier molecular flexibility index (Phi) is 9.56. The van der Waals surface area contributed by atoms with Gasteiger partial charge in [0.05, 0.1) is 22.4 Å². The molecule has 390 valence electrons. The minimum Gasteiger partial charge on any atom is -0.313 e. The summed E-state index contributed by atoms with van der Waals surface area (Å²) < 4.78 is 5.16. The van der Waals surface area contributed by atoms with Crippen LogP contribution in [0.2, 0.25) is 0 Å². The van der Waals surface area contributed by atoms with E-state index in [0.717, 1.165) is 0 Å². The van der Waals surface area contributed by atoms with Gasteiger partial charge in [-0.15, -0.1) is 0 Å². The van der Waals surface area contributed by atoms with Crippen molar-refractivity contribution in [2.45, 2.75) is 66.2 Å². The third kappa shape index (κ3) is 6.19. The molecule has 82 heavy (non-hydrogen) atoms. The number of hydrogen-bond acceptors (Lipinski definition) is 0. The molecule has 15 aromatic rings. The van der Waals surface area contributed by atoms with E-state index in [0.29, 0.717) is 0 Å². The molecule has 0 amide bonds. The van der Waals surface area contributed by atoms with Crippen LogP contribution in [0.4, 0.5) is 0 Å². The molecule has 0 spiro atoms. The van der Waals surface area contributed by atoms with Gasteiger partial charge < -0.3 is 9.13 Å². The van der Waals surface area contributed by atoms with E-state index >= 15 is 0 Å². The molecule has 0 unspecified atom stereocenters. The van der Waals surface area contributed by atoms with Crippen molar-refractivity contribution >= 4 is 86.4 Å². The Balaban J connectivity index is 1.06. The van der Waals surface area contributed by atoms with Gasteiger partial charge in [0.2, 0.25) is 0 Å². The van der Waals surface area contributed by atoms with E-state index in [2.05, 4.69) is 283 Å². The third-order valence-corrected chi connectivity index (χ3v) is 20.1. The highest BCUT2D eigenvalue weighted by Gasteiger charge is 2.38. The second-order valence-corrected chi connectivity index (χ2v) is 24.9. The second-order valence-electron chi connectivity index (χ2n) is 24.9. The quantitative estimate of drug-likeness (QED) is 0.123. The zero-order valence-electron chi connectivity index (χ0n) is 47.7. The van der Waals surface area contributed by atoms with Crippen molar-refractivity contribution in [3.05, 3.63) is 263 Å². The standard InChI is InChI=1S/C80H60N2/c1-45-47(3)81(73-39-49-21-9-11-23-53(49)55-25-13-15-29-61(55)73)75-43-67-65(41-63(45)75)77(51-33-35-59-57-27-17-19-31-69(57)79(5,6)71(59)37-51)68-44-76-64(42-66(68)78(67)52-34-36-60-58-28-18-20-32-70(58)80(7,8)72(60)38-52)46(2)48(4)82(76)74-40-50-22-10-12-24-54(50)56-26-14-16-30-62(56)74/h9-44H,1-8H3. The molecule has 2 heteroatoms. The normalized spacial score (nSPS) is 14.0. The van der Waals surface area contributed by atoms with Gasteiger partial charge in [0.1, 0.15) is 0 Å². The van der Waals surface area contributed by atoms with Crippen molar-refractivity contribution in [3.63, 3.8) is 0 Å². The Labute approximate surface area is 478 Å². The summed E-state index contributed by atoms with van der Waals surface area (Å²) in [5.41, 5.74) is 25.4. The van der Waals surface area contributed by atoms with Crippen molar-refractivity contribution in [1.29, 1.82) is 0 Å². The Morgan fingerprint density at radius 3 is 1.04 bits per heavy atom. The lowest BCUT2D eigenvalue weighted by Gasteiger charge is -2.24. The summed E-state index contributed by atoms with van der Waals surface area (Å²) in [6.45, 7) is 19.0. The van der Waals surface area contributed by atoms with Gasteiger partial charge in [-0.2, -0.15) is 0 Å². The van der Waals surface area contributed by atoms with E-state index in [1.54, 1.807) is 0 Å². The fourth-order valence-electron chi connectivity index (χ4n) is 15.8. The lowest BCUT2D eigenvalue weighted by Crippen LogP contribution is -2.15. The van der Waals surface area contributed by atoms with Crippen LogP contribution in [-0.2, 0) is 10.8 Å². The Hall–Kier alpha value is -9.50. The van der Waals surface area contributed by atoms with E-state index in [4.69, 9.17) is 0 Å². The summed E-state index contributed by atoms with van der Waals surface area (Å²) in [6, 6.07) is 83.9. The minimum absolute atomic E-state index is 0.184. The van der Waals surface area contributed by atoms with Crippen molar-refractivity contribution in [1.82, 2.24) is 9.13 Å². The number of nitrogens with zero attached hydrogens (tertiary/aromatic N) is 2. The molecule has 0 radical (unpaired) electrons. The summed E-state index contributed by atoms with van der Waals surface area (Å²) in [5, 5.41) is 17.6. The maximum atomic E-state index is 2.59. The van der Waals surface area contributed by atoms with Crippen LogP contribution in [0.3, 0.4) is 0 Å². The number of benzene rings is 13. The molecule has 13 aromatic carbocycles. The molecule has 2 aromatic heterocycles. The average Bonchev–Trinajstić information content (AvgIpc) is 2.13. The largest absolute Gasteiger partial charge is 0.313 e. The minimum atomic E-state index is -0.184. The highest BCUT2D eigenvalue weighted by atomic mass is 15.0. The van der Waals surface area contributed by atoms with Crippen molar-refractivity contribution < 1.29 is 0 Å². The van der Waals surface area contributed by atoms with Gasteiger partial charge in [-0.05, 0) is 208 Å². The van der Waals surface area contributed by atoms with Gasteiger partial charge in [0.25, 0.3) is 0 Å². The molecular weight excluding hydrogens is 989 g/mol. The van der Waals surface area contributed by atoms with Gasteiger partial charge in [0.15, 0.2) is 0 Å². The maximum Gasteiger partial charge on any atom is 0.0543 e. The Morgan fingerprint density at radius 1 is 0.268 bits per heavy atom. The average molecular weight is 1050 g/mol. The van der Waals surface area contributed by atoms with Gasteiger partial charge in [-0.25, -0.2) is 0 Å². The molecule has 0 saturated heterocycles. The zero-order valence-corrected chi connectivity index (χ0v) is 47.7. The summed E-state index contributed by atoms with van der Waals surface area (Å²) >= 11 is 0. The number of hydrogen-bond donors (Lipinski definition) is 0. The molecule has 17 rings (SSSR count). The van der Waals surface area contributed by atoms with Gasteiger partial charge in [-0.1, -0.05) is 198 Å².